The van der Waals surface area contributed by atoms with Crippen LogP contribution in [-0.2, 0) is 0 Å². The second-order valence-electron chi connectivity index (χ2n) is 16.6. The molecule has 0 saturated heterocycles. The van der Waals surface area contributed by atoms with E-state index < -0.39 is 0 Å². The van der Waals surface area contributed by atoms with Gasteiger partial charge in [0, 0.05) is 46.9 Å². The maximum atomic E-state index is 5.62. The van der Waals surface area contributed by atoms with Crippen molar-refractivity contribution in [3.63, 3.8) is 0 Å². The number of hydrogen-bond donors (Lipinski definition) is 0. The lowest BCUT2D eigenvalue weighted by molar-refractivity contribution is 0.411. The van der Waals surface area contributed by atoms with Crippen LogP contribution in [0.2, 0.25) is 0 Å². The smallest absolute Gasteiger partial charge is 0.125 e. The van der Waals surface area contributed by atoms with Crippen molar-refractivity contribution in [2.45, 2.75) is 20.8 Å². The van der Waals surface area contributed by atoms with E-state index in [1.165, 1.54) is 0 Å². The van der Waals surface area contributed by atoms with E-state index in [0.29, 0.717) is 0 Å². The first kappa shape index (κ1) is 40.8. The third kappa shape index (κ3) is 8.50. The Morgan fingerprint density at radius 2 is 0.600 bits per heavy atom. The Kier molecular flexibility index (Phi) is 11.2. The first-order chi connectivity index (χ1) is 31.9. The third-order valence-electron chi connectivity index (χ3n) is 12.2. The molecule has 0 unspecified atom stereocenters. The van der Waals surface area contributed by atoms with Gasteiger partial charge in [-0.1, -0.05) is 158 Å². The highest BCUT2D eigenvalue weighted by molar-refractivity contribution is 5.94. The van der Waals surface area contributed by atoms with Crippen molar-refractivity contribution in [3.05, 3.63) is 229 Å². The van der Waals surface area contributed by atoms with Gasteiger partial charge in [0.05, 0.1) is 24.2 Å². The van der Waals surface area contributed by atoms with Crippen LogP contribution < -0.4 is 4.74 Å². The van der Waals surface area contributed by atoms with Crippen LogP contribution in [0.15, 0.2) is 213 Å². The summed E-state index contributed by atoms with van der Waals surface area (Å²) in [5.41, 5.74) is 23.1. The number of nitrogens with zero attached hydrogens (tertiary/aromatic N) is 3. The molecule has 0 aliphatic heterocycles. The summed E-state index contributed by atoms with van der Waals surface area (Å²) >= 11 is 0. The zero-order chi connectivity index (χ0) is 44.3. The number of hydrogen-bond acceptors (Lipinski definition) is 4. The molecule has 3 aromatic heterocycles. The molecular formula is C61H47N3O. The van der Waals surface area contributed by atoms with Gasteiger partial charge < -0.3 is 4.74 Å². The summed E-state index contributed by atoms with van der Waals surface area (Å²) in [5, 5.41) is 0. The summed E-state index contributed by atoms with van der Waals surface area (Å²) in [5.74, 6) is 0.830. The van der Waals surface area contributed by atoms with E-state index >= 15 is 0 Å². The van der Waals surface area contributed by atoms with Gasteiger partial charge in [-0.2, -0.15) is 0 Å². The van der Waals surface area contributed by atoms with Crippen LogP contribution in [-0.4, -0.2) is 22.1 Å². The highest BCUT2D eigenvalue weighted by atomic mass is 16.5. The van der Waals surface area contributed by atoms with Crippen LogP contribution in [0, 0.1) is 20.8 Å². The fourth-order valence-corrected chi connectivity index (χ4v) is 8.68. The molecule has 7 aromatic carbocycles. The fourth-order valence-electron chi connectivity index (χ4n) is 8.68. The van der Waals surface area contributed by atoms with Crippen molar-refractivity contribution in [2.75, 3.05) is 7.11 Å². The number of pyridine rings is 3. The number of methoxy groups -OCH3 is 1. The summed E-state index contributed by atoms with van der Waals surface area (Å²) in [7, 11) is 1.70. The highest BCUT2D eigenvalue weighted by Gasteiger charge is 2.17. The van der Waals surface area contributed by atoms with Crippen molar-refractivity contribution in [1.82, 2.24) is 15.0 Å². The van der Waals surface area contributed by atoms with Crippen LogP contribution >= 0.6 is 0 Å². The van der Waals surface area contributed by atoms with Crippen LogP contribution in [0.4, 0.5) is 0 Å². The van der Waals surface area contributed by atoms with Crippen LogP contribution in [0.3, 0.4) is 0 Å². The highest BCUT2D eigenvalue weighted by Crippen LogP contribution is 2.43. The molecule has 0 N–H and O–H groups in total. The SMILES string of the molecule is COc1cc(-c2ccc(-c3ccccc3-c3cc(-c4ccccc4-c4ccc(-c5ccc(C)cn5)cc4)cc(-c4ccccc4-c4ccc(-c5ccc(C)cn5)cc4)c3)cc2)ncc1C. The molecule has 10 aromatic rings. The van der Waals surface area contributed by atoms with Gasteiger partial charge in [0.15, 0.2) is 0 Å². The second-order valence-corrected chi connectivity index (χ2v) is 16.6. The van der Waals surface area contributed by atoms with Crippen molar-refractivity contribution in [3.8, 4) is 106 Å². The molecule has 0 saturated carbocycles. The van der Waals surface area contributed by atoms with E-state index in [1.807, 2.05) is 31.6 Å². The lowest BCUT2D eigenvalue weighted by Crippen LogP contribution is -1.93. The summed E-state index contributed by atoms with van der Waals surface area (Å²) in [4.78, 5) is 14.1. The molecule has 0 radical (unpaired) electrons. The van der Waals surface area contributed by atoms with E-state index in [0.717, 1.165) is 123 Å². The fraction of sp³-hybridized carbons (Fsp3) is 0.0656. The van der Waals surface area contributed by atoms with Gasteiger partial charge in [-0.25, -0.2) is 0 Å². The Morgan fingerprint density at radius 1 is 0.292 bits per heavy atom. The van der Waals surface area contributed by atoms with Crippen molar-refractivity contribution in [1.29, 1.82) is 0 Å². The maximum Gasteiger partial charge on any atom is 0.125 e. The van der Waals surface area contributed by atoms with Crippen molar-refractivity contribution >= 4 is 0 Å². The van der Waals surface area contributed by atoms with Crippen molar-refractivity contribution in [2.24, 2.45) is 0 Å². The Hall–Kier alpha value is -8.21. The van der Waals surface area contributed by atoms with Gasteiger partial charge in [-0.05, 0) is 129 Å². The number of ether oxygens (including phenoxy) is 1. The number of aromatic nitrogens is 3. The molecule has 0 spiro atoms. The Morgan fingerprint density at radius 3 is 0.923 bits per heavy atom. The minimum absolute atomic E-state index is 0.830. The van der Waals surface area contributed by atoms with Gasteiger partial charge in [0.2, 0.25) is 0 Å². The van der Waals surface area contributed by atoms with E-state index in [4.69, 9.17) is 9.72 Å². The van der Waals surface area contributed by atoms with E-state index in [-0.39, 0.29) is 0 Å². The average molecular weight is 838 g/mol. The van der Waals surface area contributed by atoms with Crippen LogP contribution in [0.25, 0.3) is 101 Å². The predicted octanol–water partition coefficient (Wildman–Crippen LogP) is 15.8. The van der Waals surface area contributed by atoms with Gasteiger partial charge in [0.1, 0.15) is 5.75 Å². The summed E-state index contributed by atoms with van der Waals surface area (Å²) in [6.45, 7) is 6.14. The molecule has 4 heteroatoms. The lowest BCUT2D eigenvalue weighted by atomic mass is 9.86. The minimum atomic E-state index is 0.830. The van der Waals surface area contributed by atoms with Gasteiger partial charge >= 0.3 is 0 Å². The van der Waals surface area contributed by atoms with Gasteiger partial charge in [0.25, 0.3) is 0 Å². The molecule has 0 atom stereocenters. The minimum Gasteiger partial charge on any atom is -0.496 e. The third-order valence-corrected chi connectivity index (χ3v) is 12.2. The van der Waals surface area contributed by atoms with Gasteiger partial charge in [-0.3, -0.25) is 15.0 Å². The molecule has 10 rings (SSSR count). The Bertz CT molecular complexity index is 3130. The van der Waals surface area contributed by atoms with E-state index in [9.17, 15) is 0 Å². The van der Waals surface area contributed by atoms with Gasteiger partial charge in [-0.15, -0.1) is 0 Å². The molecule has 0 bridgehead atoms. The average Bonchev–Trinajstić information content (AvgIpc) is 3.37. The summed E-state index contributed by atoms with van der Waals surface area (Å²) in [6.07, 6.45) is 5.72. The number of rotatable bonds is 10. The standard InChI is InChI=1S/C61H47N3O/c1-40-17-31-58(62-37-40)46-25-19-43(20-26-46)52-11-5-8-14-55(52)49-33-50(56-15-9-6-12-53(56)44-21-27-47(28-22-44)59-32-18-41(2)38-63-59)35-51(34-49)57-16-10-7-13-54(57)45-23-29-48(30-24-45)60-36-61(65-4)42(3)39-64-60/h5-39H,1-4H3. The van der Waals surface area contributed by atoms with E-state index in [2.05, 4.69) is 212 Å². The molecule has 3 heterocycles. The van der Waals surface area contributed by atoms with Crippen molar-refractivity contribution < 1.29 is 4.74 Å². The Labute approximate surface area is 381 Å². The molecule has 65 heavy (non-hydrogen) atoms. The first-order valence-corrected chi connectivity index (χ1v) is 22.0. The zero-order valence-electron chi connectivity index (χ0n) is 37.0. The molecule has 0 aliphatic carbocycles. The normalized spacial score (nSPS) is 11.1. The molecule has 4 nitrogen and oxygen atoms in total. The zero-order valence-corrected chi connectivity index (χ0v) is 37.0. The summed E-state index contributed by atoms with van der Waals surface area (Å²) in [6, 6.07) is 70.0. The number of aryl methyl sites for hydroxylation is 3. The van der Waals surface area contributed by atoms with E-state index in [1.54, 1.807) is 7.11 Å². The molecular weight excluding hydrogens is 791 g/mol. The maximum absolute atomic E-state index is 5.62. The largest absolute Gasteiger partial charge is 0.496 e. The Balaban J connectivity index is 1.10. The molecule has 312 valence electrons. The quantitative estimate of drug-likeness (QED) is 0.138. The topological polar surface area (TPSA) is 47.9 Å². The molecule has 0 fully saturated rings. The van der Waals surface area contributed by atoms with Crippen LogP contribution in [0.1, 0.15) is 16.7 Å². The predicted molar refractivity (Wildman–Crippen MR) is 270 cm³/mol. The molecule has 0 amide bonds. The van der Waals surface area contributed by atoms with Crippen LogP contribution in [0.5, 0.6) is 5.75 Å². The monoisotopic (exact) mass is 837 g/mol. The second kappa shape index (κ2) is 17.9. The number of benzene rings is 7. The first-order valence-electron chi connectivity index (χ1n) is 22.0. The lowest BCUT2D eigenvalue weighted by Gasteiger charge is -2.18. The molecule has 0 aliphatic rings. The summed E-state index contributed by atoms with van der Waals surface area (Å²) < 4.78 is 5.62.